The van der Waals surface area contributed by atoms with Crippen molar-refractivity contribution < 1.29 is 14.2 Å². The van der Waals surface area contributed by atoms with Crippen LogP contribution < -0.4 is 10.1 Å². The molecule has 1 unspecified atom stereocenters. The van der Waals surface area contributed by atoms with E-state index in [-0.39, 0.29) is 24.0 Å². The highest BCUT2D eigenvalue weighted by atomic mass is 127. The first-order valence-corrected chi connectivity index (χ1v) is 11.7. The average molecular weight is 561 g/mol. The summed E-state index contributed by atoms with van der Waals surface area (Å²) < 4.78 is 16.8. The summed E-state index contributed by atoms with van der Waals surface area (Å²) >= 11 is 0. The molecule has 2 aliphatic heterocycles. The van der Waals surface area contributed by atoms with Gasteiger partial charge in [0.1, 0.15) is 12.4 Å². The summed E-state index contributed by atoms with van der Waals surface area (Å²) in [6.07, 6.45) is 3.38. The molecule has 0 saturated carbocycles. The molecule has 0 bridgehead atoms. The number of rotatable bonds is 10. The lowest BCUT2D eigenvalue weighted by Crippen LogP contribution is -2.40. The van der Waals surface area contributed by atoms with Crippen LogP contribution >= 0.6 is 24.0 Å². The van der Waals surface area contributed by atoms with Gasteiger partial charge in [-0.25, -0.2) is 4.99 Å². The maximum absolute atomic E-state index is 6.04. The number of halogens is 1. The zero-order valence-electron chi connectivity index (χ0n) is 19.9. The molecule has 0 aliphatic carbocycles. The fourth-order valence-corrected chi connectivity index (χ4v) is 4.34. The minimum absolute atomic E-state index is 0. The highest BCUT2D eigenvalue weighted by Crippen LogP contribution is 2.18. The van der Waals surface area contributed by atoms with Gasteiger partial charge in [-0.1, -0.05) is 12.1 Å². The minimum atomic E-state index is 0. The molecule has 7 nitrogen and oxygen atoms in total. The lowest BCUT2D eigenvalue weighted by molar-refractivity contribution is 0.0392. The highest BCUT2D eigenvalue weighted by molar-refractivity contribution is 14.0. The van der Waals surface area contributed by atoms with Gasteiger partial charge in [0, 0.05) is 58.5 Å². The molecule has 2 aliphatic rings. The molecule has 1 N–H and O–H groups in total. The van der Waals surface area contributed by atoms with Crippen LogP contribution in [0.1, 0.15) is 31.7 Å². The Hall–Kier alpha value is -1.10. The number of guanidine groups is 1. The Labute approximate surface area is 210 Å². The van der Waals surface area contributed by atoms with E-state index in [0.717, 1.165) is 77.0 Å². The molecule has 1 atom stereocenters. The van der Waals surface area contributed by atoms with Gasteiger partial charge < -0.3 is 24.4 Å². The summed E-state index contributed by atoms with van der Waals surface area (Å²) in [4.78, 5) is 9.63. The Kier molecular flexibility index (Phi) is 12.7. The van der Waals surface area contributed by atoms with E-state index >= 15 is 0 Å². The molecular weight excluding hydrogens is 519 g/mol. The zero-order chi connectivity index (χ0) is 21.9. The number of likely N-dealkylation sites (tertiary alicyclic amines) is 1. The van der Waals surface area contributed by atoms with Crippen molar-refractivity contribution in [2.24, 2.45) is 10.9 Å². The predicted molar refractivity (Wildman–Crippen MR) is 140 cm³/mol. The molecule has 0 radical (unpaired) electrons. The molecule has 0 amide bonds. The van der Waals surface area contributed by atoms with Crippen molar-refractivity contribution in [3.63, 3.8) is 0 Å². The van der Waals surface area contributed by atoms with Crippen molar-refractivity contribution in [3.05, 3.63) is 29.8 Å². The number of benzene rings is 1. The van der Waals surface area contributed by atoms with E-state index in [2.05, 4.69) is 47.3 Å². The standard InChI is InChI=1S/C24H40N4O3.HI/c1-4-25-24(28-11-8-21(18-28)19-29-3)26-17-20-6-5-7-23(16-20)31-15-12-27(2)22-9-13-30-14-10-22;/h5-7,16,21-22H,4,8-15,17-19H2,1-3H3,(H,25,26);1H. The van der Waals surface area contributed by atoms with Gasteiger partial charge in [-0.05, 0) is 50.9 Å². The van der Waals surface area contributed by atoms with Gasteiger partial charge in [-0.15, -0.1) is 24.0 Å². The lowest BCUT2D eigenvalue weighted by atomic mass is 10.1. The van der Waals surface area contributed by atoms with Gasteiger partial charge >= 0.3 is 0 Å². The molecule has 1 aromatic carbocycles. The van der Waals surface area contributed by atoms with Crippen LogP contribution in [0.25, 0.3) is 0 Å². The van der Waals surface area contributed by atoms with E-state index in [9.17, 15) is 0 Å². The maximum atomic E-state index is 6.04. The molecule has 0 aromatic heterocycles. The van der Waals surface area contributed by atoms with Crippen molar-refractivity contribution in [3.8, 4) is 5.75 Å². The predicted octanol–water partition coefficient (Wildman–Crippen LogP) is 3.23. The van der Waals surface area contributed by atoms with Gasteiger partial charge in [0.05, 0.1) is 13.2 Å². The third-order valence-electron chi connectivity index (χ3n) is 6.16. The second kappa shape index (κ2) is 14.9. The smallest absolute Gasteiger partial charge is 0.194 e. The Bertz CT molecular complexity index is 685. The van der Waals surface area contributed by atoms with Gasteiger partial charge in [0.15, 0.2) is 5.96 Å². The van der Waals surface area contributed by atoms with Crippen molar-refractivity contribution in [2.45, 2.75) is 38.8 Å². The van der Waals surface area contributed by atoms with Crippen molar-refractivity contribution in [1.29, 1.82) is 0 Å². The summed E-state index contributed by atoms with van der Waals surface area (Å²) in [7, 11) is 3.96. The summed E-state index contributed by atoms with van der Waals surface area (Å²) in [5, 5.41) is 3.44. The van der Waals surface area contributed by atoms with Crippen molar-refractivity contribution >= 4 is 29.9 Å². The summed E-state index contributed by atoms with van der Waals surface area (Å²) in [6, 6.07) is 8.92. The number of nitrogens with zero attached hydrogens (tertiary/aromatic N) is 3. The van der Waals surface area contributed by atoms with Gasteiger partial charge in [0.25, 0.3) is 0 Å². The van der Waals surface area contributed by atoms with Crippen LogP contribution in [0.3, 0.4) is 0 Å². The van der Waals surface area contributed by atoms with Crippen molar-refractivity contribution in [2.75, 3.05) is 66.8 Å². The van der Waals surface area contributed by atoms with Crippen LogP contribution in [0.5, 0.6) is 5.75 Å². The third-order valence-corrected chi connectivity index (χ3v) is 6.16. The van der Waals surface area contributed by atoms with Gasteiger partial charge in [0.2, 0.25) is 0 Å². The van der Waals surface area contributed by atoms with E-state index < -0.39 is 0 Å². The van der Waals surface area contributed by atoms with Crippen LogP contribution in [-0.4, -0.2) is 88.6 Å². The summed E-state index contributed by atoms with van der Waals surface area (Å²) in [6.45, 7) is 9.85. The number of methoxy groups -OCH3 is 1. The molecule has 2 fully saturated rings. The van der Waals surface area contributed by atoms with Gasteiger partial charge in [-0.2, -0.15) is 0 Å². The van der Waals surface area contributed by atoms with E-state index in [1.54, 1.807) is 7.11 Å². The maximum Gasteiger partial charge on any atom is 0.194 e. The number of hydrogen-bond donors (Lipinski definition) is 1. The fourth-order valence-electron chi connectivity index (χ4n) is 4.34. The molecule has 182 valence electrons. The molecule has 2 heterocycles. The van der Waals surface area contributed by atoms with Gasteiger partial charge in [-0.3, -0.25) is 4.90 Å². The first-order valence-electron chi connectivity index (χ1n) is 11.7. The normalized spacial score (nSPS) is 19.8. The monoisotopic (exact) mass is 560 g/mol. The van der Waals surface area contributed by atoms with Crippen LogP contribution in [0.2, 0.25) is 0 Å². The second-order valence-electron chi connectivity index (χ2n) is 8.55. The molecule has 0 spiro atoms. The number of ether oxygens (including phenoxy) is 3. The molecule has 3 rings (SSSR count). The fraction of sp³-hybridized carbons (Fsp3) is 0.708. The van der Waals surface area contributed by atoms with Crippen molar-refractivity contribution in [1.82, 2.24) is 15.1 Å². The number of hydrogen-bond acceptors (Lipinski definition) is 5. The van der Waals surface area contributed by atoms with Crippen LogP contribution in [0.15, 0.2) is 29.3 Å². The summed E-state index contributed by atoms with van der Waals surface area (Å²) in [5.74, 6) is 2.50. The van der Waals surface area contributed by atoms with E-state index in [1.807, 2.05) is 6.07 Å². The summed E-state index contributed by atoms with van der Waals surface area (Å²) in [5.41, 5.74) is 1.17. The SMILES string of the molecule is CCNC(=NCc1cccc(OCCN(C)C2CCOCC2)c1)N1CCC(COC)C1.I. The number of likely N-dealkylation sites (N-methyl/N-ethyl adjacent to an activating group) is 1. The highest BCUT2D eigenvalue weighted by Gasteiger charge is 2.24. The molecule has 1 aromatic rings. The van der Waals surface area contributed by atoms with E-state index in [0.29, 0.717) is 25.1 Å². The largest absolute Gasteiger partial charge is 0.492 e. The Morgan fingerprint density at radius 3 is 2.84 bits per heavy atom. The number of aliphatic imine (C=N–C) groups is 1. The number of nitrogens with one attached hydrogen (secondary N) is 1. The third kappa shape index (κ3) is 8.68. The van der Waals surface area contributed by atoms with Crippen LogP contribution in [0.4, 0.5) is 0 Å². The first-order chi connectivity index (χ1) is 15.2. The van der Waals surface area contributed by atoms with Crippen LogP contribution in [-0.2, 0) is 16.0 Å². The Morgan fingerprint density at radius 2 is 2.09 bits per heavy atom. The molecular formula is C24H41IN4O3. The Balaban J connectivity index is 0.00000363. The van der Waals surface area contributed by atoms with Crippen LogP contribution in [0, 0.1) is 5.92 Å². The average Bonchev–Trinajstić information content (AvgIpc) is 3.26. The molecule has 8 heteroatoms. The minimum Gasteiger partial charge on any atom is -0.492 e. The lowest BCUT2D eigenvalue weighted by Gasteiger charge is -2.31. The van der Waals surface area contributed by atoms with E-state index in [1.165, 1.54) is 5.56 Å². The quantitative estimate of drug-likeness (QED) is 0.270. The van der Waals surface area contributed by atoms with E-state index in [4.69, 9.17) is 19.2 Å². The first kappa shape index (κ1) is 27.1. The second-order valence-corrected chi connectivity index (χ2v) is 8.55. The zero-order valence-corrected chi connectivity index (χ0v) is 22.3. The molecule has 2 saturated heterocycles. The topological polar surface area (TPSA) is 58.6 Å². The molecule has 32 heavy (non-hydrogen) atoms. The Morgan fingerprint density at radius 1 is 1.28 bits per heavy atom.